The number of nitrogens with one attached hydrogen (secondary N) is 1. The van der Waals surface area contributed by atoms with Crippen molar-refractivity contribution in [1.29, 1.82) is 0 Å². The van der Waals surface area contributed by atoms with Gasteiger partial charge in [0.2, 0.25) is 0 Å². The van der Waals surface area contributed by atoms with Crippen LogP contribution in [0.25, 0.3) is 0 Å². The van der Waals surface area contributed by atoms with Crippen LogP contribution in [0.5, 0.6) is 0 Å². The van der Waals surface area contributed by atoms with Crippen LogP contribution in [0.15, 0.2) is 6.20 Å². The van der Waals surface area contributed by atoms with Gasteiger partial charge in [0.05, 0.1) is 27.2 Å². The van der Waals surface area contributed by atoms with Gasteiger partial charge in [0, 0.05) is 6.20 Å². The monoisotopic (exact) mass is 324 g/mol. The van der Waals surface area contributed by atoms with E-state index < -0.39 is 11.4 Å². The average molecular weight is 326 g/mol. The number of aliphatic hydroxyl groups is 1. The van der Waals surface area contributed by atoms with E-state index in [1.54, 1.807) is 0 Å². The van der Waals surface area contributed by atoms with E-state index in [-0.39, 0.29) is 27.4 Å². The minimum Gasteiger partial charge on any atom is -0.394 e. The number of hydrogen-bond acceptors (Lipinski definition) is 3. The number of rotatable bonds is 5. The van der Waals surface area contributed by atoms with Crippen molar-refractivity contribution in [2.75, 3.05) is 6.61 Å². The second-order valence-electron chi connectivity index (χ2n) is 4.18. The molecule has 7 heteroatoms. The van der Waals surface area contributed by atoms with Gasteiger partial charge in [-0.15, -0.1) is 0 Å². The summed E-state index contributed by atoms with van der Waals surface area (Å²) in [4.78, 5) is 16.0. The summed E-state index contributed by atoms with van der Waals surface area (Å²) in [5, 5.41) is 12.4. The lowest BCUT2D eigenvalue weighted by atomic mass is 9.93. The predicted octanol–water partition coefficient (Wildman–Crippen LogP) is 3.32. The molecule has 1 amide bonds. The van der Waals surface area contributed by atoms with Crippen LogP contribution in [0.1, 0.15) is 37.2 Å². The summed E-state index contributed by atoms with van der Waals surface area (Å²) < 4.78 is 0. The highest BCUT2D eigenvalue weighted by Crippen LogP contribution is 2.31. The van der Waals surface area contributed by atoms with Gasteiger partial charge in [-0.25, -0.2) is 4.98 Å². The Morgan fingerprint density at radius 3 is 2.37 bits per heavy atom. The molecular formula is C12H15Cl3N2O2. The maximum Gasteiger partial charge on any atom is 0.271 e. The maximum atomic E-state index is 12.2. The summed E-state index contributed by atoms with van der Waals surface area (Å²) in [5.41, 5.74) is -0.690. The molecule has 19 heavy (non-hydrogen) atoms. The molecule has 1 rings (SSSR count). The Balaban J connectivity index is 3.05. The van der Waals surface area contributed by atoms with Crippen molar-refractivity contribution >= 4 is 40.7 Å². The largest absolute Gasteiger partial charge is 0.394 e. The topological polar surface area (TPSA) is 62.2 Å². The molecule has 0 aliphatic heterocycles. The summed E-state index contributed by atoms with van der Waals surface area (Å²) in [6, 6.07) is 0. The molecule has 4 nitrogen and oxygen atoms in total. The molecule has 0 radical (unpaired) electrons. The summed E-state index contributed by atoms with van der Waals surface area (Å²) in [7, 11) is 0. The van der Waals surface area contributed by atoms with E-state index in [0.717, 1.165) is 0 Å². The molecule has 1 aromatic rings. The molecule has 0 aliphatic carbocycles. The third-order valence-electron chi connectivity index (χ3n) is 3.17. The first kappa shape index (κ1) is 16.5. The number of carbonyl (C=O) groups is 1. The van der Waals surface area contributed by atoms with Gasteiger partial charge in [-0.3, -0.25) is 4.79 Å². The molecule has 0 bridgehead atoms. The third kappa shape index (κ3) is 3.51. The van der Waals surface area contributed by atoms with Crippen LogP contribution in [0.4, 0.5) is 0 Å². The first-order valence-corrected chi connectivity index (χ1v) is 6.97. The Morgan fingerprint density at radius 2 is 1.89 bits per heavy atom. The molecule has 106 valence electrons. The number of aliphatic hydroxyl groups excluding tert-OH is 1. The molecule has 0 spiro atoms. The van der Waals surface area contributed by atoms with Crippen LogP contribution in [0.2, 0.25) is 15.1 Å². The minimum atomic E-state index is -0.686. The number of amides is 1. The van der Waals surface area contributed by atoms with E-state index in [2.05, 4.69) is 10.3 Å². The molecule has 1 heterocycles. The second-order valence-corrected chi connectivity index (χ2v) is 5.35. The van der Waals surface area contributed by atoms with Gasteiger partial charge in [0.1, 0.15) is 5.69 Å². The molecule has 1 aromatic heterocycles. The van der Waals surface area contributed by atoms with Crippen molar-refractivity contribution in [2.45, 2.75) is 32.2 Å². The van der Waals surface area contributed by atoms with E-state index in [1.165, 1.54) is 6.20 Å². The van der Waals surface area contributed by atoms with E-state index in [9.17, 15) is 9.90 Å². The Hall–Kier alpha value is -0.550. The van der Waals surface area contributed by atoms with Crippen LogP contribution >= 0.6 is 34.8 Å². The molecule has 0 aromatic carbocycles. The molecule has 0 aliphatic rings. The second kappa shape index (κ2) is 6.75. The van der Waals surface area contributed by atoms with Crippen LogP contribution in [0.3, 0.4) is 0 Å². The lowest BCUT2D eigenvalue weighted by Crippen LogP contribution is -2.50. The zero-order valence-electron chi connectivity index (χ0n) is 10.6. The van der Waals surface area contributed by atoms with Crippen LogP contribution in [-0.2, 0) is 0 Å². The average Bonchev–Trinajstić information content (AvgIpc) is 2.42. The maximum absolute atomic E-state index is 12.2. The number of hydrogen-bond donors (Lipinski definition) is 2. The molecule has 0 saturated carbocycles. The van der Waals surface area contributed by atoms with E-state index >= 15 is 0 Å². The lowest BCUT2D eigenvalue weighted by molar-refractivity contribution is 0.0813. The fourth-order valence-corrected chi connectivity index (χ4v) is 2.16. The quantitative estimate of drug-likeness (QED) is 0.873. The highest BCUT2D eigenvalue weighted by atomic mass is 35.5. The van der Waals surface area contributed by atoms with Gasteiger partial charge in [-0.1, -0.05) is 48.7 Å². The van der Waals surface area contributed by atoms with Gasteiger partial charge < -0.3 is 10.4 Å². The minimum absolute atomic E-state index is 0.00390. The van der Waals surface area contributed by atoms with Crippen LogP contribution < -0.4 is 5.32 Å². The zero-order chi connectivity index (χ0) is 14.6. The highest BCUT2D eigenvalue weighted by molar-refractivity contribution is 6.48. The third-order valence-corrected chi connectivity index (χ3v) is 4.41. The zero-order valence-corrected chi connectivity index (χ0v) is 12.9. The molecule has 0 unspecified atom stereocenters. The van der Waals surface area contributed by atoms with Gasteiger partial charge in [-0.05, 0) is 12.8 Å². The number of pyridine rings is 1. The number of halogens is 3. The first-order chi connectivity index (χ1) is 8.90. The van der Waals surface area contributed by atoms with Gasteiger partial charge >= 0.3 is 0 Å². The Kier molecular flexibility index (Phi) is 5.86. The Bertz CT molecular complexity index is 468. The van der Waals surface area contributed by atoms with E-state index in [4.69, 9.17) is 34.8 Å². The Morgan fingerprint density at radius 1 is 1.32 bits per heavy atom. The Labute approximate surface area is 127 Å². The SMILES string of the molecule is CCC(CC)(CO)NC(=O)c1ncc(Cl)c(Cl)c1Cl. The lowest BCUT2D eigenvalue weighted by Gasteiger charge is -2.30. The smallest absolute Gasteiger partial charge is 0.271 e. The molecular weight excluding hydrogens is 311 g/mol. The van der Waals surface area contributed by atoms with Crippen LogP contribution in [0, 0.1) is 0 Å². The molecule has 0 fully saturated rings. The molecule has 0 saturated heterocycles. The summed E-state index contributed by atoms with van der Waals surface area (Å²) in [6.45, 7) is 3.60. The summed E-state index contributed by atoms with van der Waals surface area (Å²) in [5.74, 6) is -0.485. The van der Waals surface area contributed by atoms with Gasteiger partial charge in [0.15, 0.2) is 0 Å². The van der Waals surface area contributed by atoms with Crippen molar-refractivity contribution in [3.63, 3.8) is 0 Å². The molecule has 2 N–H and O–H groups in total. The normalized spacial score (nSPS) is 11.5. The number of nitrogens with zero attached hydrogens (tertiary/aromatic N) is 1. The van der Waals surface area contributed by atoms with Gasteiger partial charge in [0.25, 0.3) is 5.91 Å². The van der Waals surface area contributed by atoms with Crippen LogP contribution in [-0.4, -0.2) is 28.1 Å². The van der Waals surface area contributed by atoms with Crippen molar-refractivity contribution in [1.82, 2.24) is 10.3 Å². The summed E-state index contributed by atoms with van der Waals surface area (Å²) in [6.07, 6.45) is 2.44. The van der Waals surface area contributed by atoms with Crippen molar-refractivity contribution in [2.24, 2.45) is 0 Å². The fourth-order valence-electron chi connectivity index (χ4n) is 1.59. The number of carbonyl (C=O) groups excluding carboxylic acids is 1. The predicted molar refractivity (Wildman–Crippen MR) is 77.1 cm³/mol. The van der Waals surface area contributed by atoms with Gasteiger partial charge in [-0.2, -0.15) is 0 Å². The van der Waals surface area contributed by atoms with Crippen molar-refractivity contribution in [3.8, 4) is 0 Å². The first-order valence-electron chi connectivity index (χ1n) is 5.83. The van der Waals surface area contributed by atoms with E-state index in [1.807, 2.05) is 13.8 Å². The van der Waals surface area contributed by atoms with E-state index in [0.29, 0.717) is 12.8 Å². The standard InChI is InChI=1S/C12H15Cl3N2O2/c1-3-12(4-2,6-18)17-11(19)10-9(15)8(14)7(13)5-16-10/h5,18H,3-4,6H2,1-2H3,(H,17,19). The number of aromatic nitrogens is 1. The molecule has 0 atom stereocenters. The highest BCUT2D eigenvalue weighted by Gasteiger charge is 2.29. The summed E-state index contributed by atoms with van der Waals surface area (Å²) >= 11 is 17.6. The van der Waals surface area contributed by atoms with Crippen molar-refractivity contribution in [3.05, 3.63) is 27.0 Å². The van der Waals surface area contributed by atoms with Crippen molar-refractivity contribution < 1.29 is 9.90 Å². The fraction of sp³-hybridized carbons (Fsp3) is 0.500.